The topological polar surface area (TPSA) is 84.2 Å². The lowest BCUT2D eigenvalue weighted by atomic mass is 9.94. The molecule has 0 radical (unpaired) electrons. The molecule has 1 rings (SSSR count). The summed E-state index contributed by atoms with van der Waals surface area (Å²) in [4.78, 5) is 23.6. The molecule has 0 spiro atoms. The predicted octanol–water partition coefficient (Wildman–Crippen LogP) is 2.96. The first kappa shape index (κ1) is 22.7. The number of carbonyl (C=O) groups is 2. The van der Waals surface area contributed by atoms with Crippen molar-refractivity contribution in [3.63, 3.8) is 0 Å². The van der Waals surface area contributed by atoms with Crippen molar-refractivity contribution in [2.24, 2.45) is 5.73 Å². The number of nitrogens with one attached hydrogen (secondary N) is 2. The van der Waals surface area contributed by atoms with Crippen molar-refractivity contribution < 1.29 is 9.59 Å². The number of hydrogen-bond donors (Lipinski definition) is 3. The molecule has 0 bridgehead atoms. The maximum absolute atomic E-state index is 12.2. The second kappa shape index (κ2) is 10.5. The van der Waals surface area contributed by atoms with Crippen LogP contribution in [0.4, 0.5) is 0 Å². The zero-order chi connectivity index (χ0) is 17.5. The number of benzene rings is 1. The molecule has 0 fully saturated rings. The Hall–Kier alpha value is -1.30. The van der Waals surface area contributed by atoms with E-state index in [-0.39, 0.29) is 42.2 Å². The maximum Gasteiger partial charge on any atom is 0.222 e. The largest absolute Gasteiger partial charge is 0.354 e. The molecule has 0 aliphatic heterocycles. The molecule has 24 heavy (non-hydrogen) atoms. The van der Waals surface area contributed by atoms with Crippen LogP contribution in [-0.2, 0) is 9.59 Å². The first-order valence-electron chi connectivity index (χ1n) is 7.87. The molecule has 0 saturated carbocycles. The van der Waals surface area contributed by atoms with Gasteiger partial charge in [0.05, 0.1) is 12.5 Å². The highest BCUT2D eigenvalue weighted by Crippen LogP contribution is 2.19. The number of rotatable bonds is 8. The van der Waals surface area contributed by atoms with Gasteiger partial charge in [0.15, 0.2) is 0 Å². The Balaban J connectivity index is 0.00000529. The van der Waals surface area contributed by atoms with E-state index in [0.29, 0.717) is 11.6 Å². The molecule has 4 N–H and O–H groups in total. The summed E-state index contributed by atoms with van der Waals surface area (Å²) in [5.74, 6) is -0.330. The average Bonchev–Trinajstić information content (AvgIpc) is 2.52. The molecule has 0 aromatic heterocycles. The predicted molar refractivity (Wildman–Crippen MR) is 100 cm³/mol. The number of halogens is 2. The lowest BCUT2D eigenvalue weighted by Gasteiger charge is -2.27. The van der Waals surface area contributed by atoms with E-state index < -0.39 is 0 Å². The van der Waals surface area contributed by atoms with Crippen LogP contribution in [0.2, 0.25) is 5.02 Å². The van der Waals surface area contributed by atoms with Crippen LogP contribution >= 0.6 is 24.0 Å². The van der Waals surface area contributed by atoms with Crippen LogP contribution in [0.15, 0.2) is 24.3 Å². The van der Waals surface area contributed by atoms with E-state index in [1.807, 2.05) is 26.0 Å². The number of nitrogens with two attached hydrogens (primary N) is 1. The minimum atomic E-state index is -0.389. The van der Waals surface area contributed by atoms with Crippen molar-refractivity contribution in [2.45, 2.75) is 51.6 Å². The summed E-state index contributed by atoms with van der Waals surface area (Å²) in [6.45, 7) is 5.86. The zero-order valence-corrected chi connectivity index (χ0v) is 16.0. The molecule has 7 heteroatoms. The lowest BCUT2D eigenvalue weighted by molar-refractivity contribution is -0.123. The van der Waals surface area contributed by atoms with Gasteiger partial charge in [-0.1, -0.05) is 37.6 Å². The summed E-state index contributed by atoms with van der Waals surface area (Å²) in [5.41, 5.74) is 6.63. The fourth-order valence-electron chi connectivity index (χ4n) is 2.22. The summed E-state index contributed by atoms with van der Waals surface area (Å²) in [6.07, 6.45) is 1.73. The third-order valence-electron chi connectivity index (χ3n) is 4.09. The van der Waals surface area contributed by atoms with Crippen LogP contribution in [-0.4, -0.2) is 23.9 Å². The number of carbonyl (C=O) groups excluding carboxylic acids is 2. The van der Waals surface area contributed by atoms with Gasteiger partial charge in [-0.15, -0.1) is 12.4 Å². The zero-order valence-electron chi connectivity index (χ0n) is 14.4. The Morgan fingerprint density at radius 3 is 2.21 bits per heavy atom. The Kier molecular flexibility index (Phi) is 9.97. The molecule has 5 nitrogen and oxygen atoms in total. The first-order valence-corrected chi connectivity index (χ1v) is 8.25. The van der Waals surface area contributed by atoms with Gasteiger partial charge in [0.1, 0.15) is 0 Å². The van der Waals surface area contributed by atoms with Crippen molar-refractivity contribution in [3.8, 4) is 0 Å². The van der Waals surface area contributed by atoms with E-state index in [9.17, 15) is 9.59 Å². The molecular weight excluding hydrogens is 349 g/mol. The van der Waals surface area contributed by atoms with Gasteiger partial charge in [-0.2, -0.15) is 0 Å². The van der Waals surface area contributed by atoms with Gasteiger partial charge in [0, 0.05) is 24.0 Å². The molecule has 0 saturated heterocycles. The average molecular weight is 376 g/mol. The minimum Gasteiger partial charge on any atom is -0.354 e. The van der Waals surface area contributed by atoms with Crippen molar-refractivity contribution in [1.29, 1.82) is 0 Å². The highest BCUT2D eigenvalue weighted by molar-refractivity contribution is 6.30. The highest BCUT2D eigenvalue weighted by Gasteiger charge is 2.22. The Labute approximate surface area is 155 Å². The van der Waals surface area contributed by atoms with Gasteiger partial charge in [-0.25, -0.2) is 0 Å². The van der Waals surface area contributed by atoms with Gasteiger partial charge in [-0.3, -0.25) is 9.59 Å². The smallest absolute Gasteiger partial charge is 0.222 e. The van der Waals surface area contributed by atoms with Gasteiger partial charge < -0.3 is 16.4 Å². The van der Waals surface area contributed by atoms with Crippen LogP contribution in [0, 0.1) is 0 Å². The first-order chi connectivity index (χ1) is 10.8. The third-order valence-corrected chi connectivity index (χ3v) is 4.34. The van der Waals surface area contributed by atoms with E-state index in [0.717, 1.165) is 18.4 Å². The van der Waals surface area contributed by atoms with Crippen LogP contribution in [0.1, 0.15) is 51.6 Å². The van der Waals surface area contributed by atoms with E-state index in [1.165, 1.54) is 6.92 Å². The second-order valence-corrected chi connectivity index (χ2v) is 6.29. The maximum atomic E-state index is 12.2. The molecule has 1 aromatic rings. The van der Waals surface area contributed by atoms with Gasteiger partial charge in [0.2, 0.25) is 11.8 Å². The fraction of sp³-hybridized carbons (Fsp3) is 0.529. The number of amides is 2. The quantitative estimate of drug-likeness (QED) is 0.652. The van der Waals surface area contributed by atoms with Crippen LogP contribution in [0.25, 0.3) is 0 Å². The molecule has 0 heterocycles. The van der Waals surface area contributed by atoms with Crippen LogP contribution in [0.3, 0.4) is 0 Å². The molecule has 136 valence electrons. The molecule has 0 aliphatic rings. The van der Waals surface area contributed by atoms with Crippen LogP contribution < -0.4 is 16.4 Å². The van der Waals surface area contributed by atoms with Crippen LogP contribution in [0.5, 0.6) is 0 Å². The lowest BCUT2D eigenvalue weighted by Crippen LogP contribution is -2.49. The molecule has 1 atom stereocenters. The van der Waals surface area contributed by atoms with E-state index >= 15 is 0 Å². The molecule has 0 aliphatic carbocycles. The standard InChI is InChI=1S/C17H26ClN3O2.ClH/c1-4-17(19,5-2)11-20-16(23)10-15(21-12(3)22)13-6-8-14(18)9-7-13;/h6-9,15H,4-5,10-11,19H2,1-3H3,(H,20,23)(H,21,22);1H. The molecular formula is C17H27Cl2N3O2. The summed E-state index contributed by atoms with van der Waals surface area (Å²) < 4.78 is 0. The molecule has 1 unspecified atom stereocenters. The monoisotopic (exact) mass is 375 g/mol. The minimum absolute atomic E-state index is 0. The van der Waals surface area contributed by atoms with Gasteiger partial charge >= 0.3 is 0 Å². The van der Waals surface area contributed by atoms with E-state index in [1.54, 1.807) is 12.1 Å². The Morgan fingerprint density at radius 2 is 1.75 bits per heavy atom. The number of hydrogen-bond acceptors (Lipinski definition) is 3. The van der Waals surface area contributed by atoms with Crippen molar-refractivity contribution >= 4 is 35.8 Å². The van der Waals surface area contributed by atoms with Gasteiger partial charge in [-0.05, 0) is 30.5 Å². The third kappa shape index (κ3) is 7.51. The Morgan fingerprint density at radius 1 is 1.21 bits per heavy atom. The van der Waals surface area contributed by atoms with Gasteiger partial charge in [0.25, 0.3) is 0 Å². The van der Waals surface area contributed by atoms with Crippen molar-refractivity contribution in [2.75, 3.05) is 6.54 Å². The van der Waals surface area contributed by atoms with Crippen molar-refractivity contribution in [3.05, 3.63) is 34.9 Å². The molecule has 1 aromatic carbocycles. The fourth-order valence-corrected chi connectivity index (χ4v) is 2.35. The van der Waals surface area contributed by atoms with E-state index in [4.69, 9.17) is 17.3 Å². The SMILES string of the molecule is CCC(N)(CC)CNC(=O)CC(NC(C)=O)c1ccc(Cl)cc1.Cl. The second-order valence-electron chi connectivity index (χ2n) is 5.85. The van der Waals surface area contributed by atoms with E-state index in [2.05, 4.69) is 10.6 Å². The normalized spacial score (nSPS) is 12.0. The van der Waals surface area contributed by atoms with Crippen molar-refractivity contribution in [1.82, 2.24) is 10.6 Å². The summed E-state index contributed by atoms with van der Waals surface area (Å²) in [7, 11) is 0. The Bertz CT molecular complexity index is 531. The summed E-state index contributed by atoms with van der Waals surface area (Å²) in [6, 6.07) is 6.70. The summed E-state index contributed by atoms with van der Waals surface area (Å²) >= 11 is 5.88. The summed E-state index contributed by atoms with van der Waals surface area (Å²) in [5, 5.41) is 6.28. The highest BCUT2D eigenvalue weighted by atomic mass is 35.5. The molecule has 2 amide bonds.